The third kappa shape index (κ3) is 4.31. The van der Waals surface area contributed by atoms with Crippen LogP contribution in [0.4, 0.5) is 0 Å². The molecule has 0 saturated carbocycles. The molecule has 2 rings (SSSR count). The van der Waals surface area contributed by atoms with Gasteiger partial charge < -0.3 is 9.64 Å². The minimum Gasteiger partial charge on any atom is -0.497 e. The molecule has 0 spiro atoms. The molecule has 0 atom stereocenters. The van der Waals surface area contributed by atoms with E-state index in [2.05, 4.69) is 17.5 Å². The maximum atomic E-state index is 12.0. The summed E-state index contributed by atoms with van der Waals surface area (Å²) in [7, 11) is 1.59. The lowest BCUT2D eigenvalue weighted by molar-refractivity contribution is -0.146. The van der Waals surface area contributed by atoms with Gasteiger partial charge in [0, 0.05) is 13.1 Å². The minimum atomic E-state index is -0.695. The Morgan fingerprint density at radius 1 is 1.27 bits per heavy atom. The van der Waals surface area contributed by atoms with Crippen molar-refractivity contribution in [2.45, 2.75) is 19.8 Å². The van der Waals surface area contributed by atoms with E-state index in [1.807, 2.05) is 12.1 Å². The van der Waals surface area contributed by atoms with Crippen molar-refractivity contribution in [3.63, 3.8) is 0 Å². The van der Waals surface area contributed by atoms with Crippen molar-refractivity contribution in [2.75, 3.05) is 20.2 Å². The number of hydrazone groups is 1. The van der Waals surface area contributed by atoms with Crippen LogP contribution in [0.25, 0.3) is 0 Å². The lowest BCUT2D eigenvalue weighted by Gasteiger charge is -2.29. The van der Waals surface area contributed by atoms with E-state index in [9.17, 15) is 9.59 Å². The number of benzene rings is 1. The Hall–Kier alpha value is -2.37. The van der Waals surface area contributed by atoms with Crippen LogP contribution >= 0.6 is 0 Å². The Kier molecular flexibility index (Phi) is 5.52. The molecule has 0 aliphatic carbocycles. The van der Waals surface area contributed by atoms with E-state index in [-0.39, 0.29) is 0 Å². The van der Waals surface area contributed by atoms with Gasteiger partial charge in [-0.2, -0.15) is 5.10 Å². The van der Waals surface area contributed by atoms with E-state index < -0.39 is 11.8 Å². The molecule has 1 aliphatic rings. The van der Waals surface area contributed by atoms with E-state index in [0.717, 1.165) is 24.2 Å². The summed E-state index contributed by atoms with van der Waals surface area (Å²) in [5.74, 6) is 0.147. The van der Waals surface area contributed by atoms with Crippen LogP contribution in [0.15, 0.2) is 29.4 Å². The highest BCUT2D eigenvalue weighted by atomic mass is 16.5. The van der Waals surface area contributed by atoms with Crippen molar-refractivity contribution >= 4 is 18.0 Å². The fourth-order valence-electron chi connectivity index (χ4n) is 2.26. The monoisotopic (exact) mass is 303 g/mol. The molecule has 6 nitrogen and oxygen atoms in total. The average molecular weight is 303 g/mol. The zero-order chi connectivity index (χ0) is 15.9. The Labute approximate surface area is 130 Å². The van der Waals surface area contributed by atoms with Crippen LogP contribution in [-0.4, -0.2) is 43.1 Å². The molecule has 1 N–H and O–H groups in total. The highest BCUT2D eigenvalue weighted by molar-refractivity contribution is 6.35. The molecule has 6 heteroatoms. The molecule has 0 radical (unpaired) electrons. The second-order valence-electron chi connectivity index (χ2n) is 5.45. The largest absolute Gasteiger partial charge is 0.497 e. The number of rotatable bonds is 3. The number of hydrogen-bond donors (Lipinski definition) is 1. The summed E-state index contributed by atoms with van der Waals surface area (Å²) in [5, 5.41) is 3.82. The van der Waals surface area contributed by atoms with Gasteiger partial charge in [0.15, 0.2) is 0 Å². The number of methoxy groups -OCH3 is 1. The van der Waals surface area contributed by atoms with Crippen molar-refractivity contribution in [3.8, 4) is 5.75 Å². The lowest BCUT2D eigenvalue weighted by atomic mass is 9.99. The summed E-state index contributed by atoms with van der Waals surface area (Å²) in [6, 6.07) is 7.21. The summed E-state index contributed by atoms with van der Waals surface area (Å²) in [4.78, 5) is 25.3. The molecule has 22 heavy (non-hydrogen) atoms. The van der Waals surface area contributed by atoms with Gasteiger partial charge in [-0.05, 0) is 48.6 Å². The molecular weight excluding hydrogens is 282 g/mol. The number of carbonyl (C=O) groups excluding carboxylic acids is 2. The minimum absolute atomic E-state index is 0.515. The molecule has 1 aliphatic heterocycles. The smallest absolute Gasteiger partial charge is 0.329 e. The molecule has 1 aromatic carbocycles. The van der Waals surface area contributed by atoms with Gasteiger partial charge in [-0.3, -0.25) is 9.59 Å². The first-order valence-corrected chi connectivity index (χ1v) is 7.36. The zero-order valence-electron chi connectivity index (χ0n) is 12.9. The van der Waals surface area contributed by atoms with Gasteiger partial charge in [-0.15, -0.1) is 0 Å². The first-order chi connectivity index (χ1) is 10.6. The third-order valence-corrected chi connectivity index (χ3v) is 3.76. The Bertz CT molecular complexity index is 546. The normalized spacial score (nSPS) is 15.8. The number of likely N-dealkylation sites (tertiary alicyclic amines) is 1. The summed E-state index contributed by atoms with van der Waals surface area (Å²) in [5.41, 5.74) is 3.08. The van der Waals surface area contributed by atoms with Crippen LogP contribution in [0, 0.1) is 5.92 Å². The third-order valence-electron chi connectivity index (χ3n) is 3.76. The van der Waals surface area contributed by atoms with E-state index in [4.69, 9.17) is 4.74 Å². The van der Waals surface area contributed by atoms with Crippen LogP contribution < -0.4 is 10.2 Å². The Morgan fingerprint density at radius 2 is 1.91 bits per heavy atom. The molecule has 1 saturated heterocycles. The predicted molar refractivity (Wildman–Crippen MR) is 83.7 cm³/mol. The van der Waals surface area contributed by atoms with Gasteiger partial charge in [0.1, 0.15) is 5.75 Å². The van der Waals surface area contributed by atoms with Crippen LogP contribution in [0.5, 0.6) is 5.75 Å². The summed E-state index contributed by atoms with van der Waals surface area (Å²) < 4.78 is 5.05. The zero-order valence-corrected chi connectivity index (χ0v) is 12.9. The molecule has 1 heterocycles. The van der Waals surface area contributed by atoms with E-state index in [0.29, 0.717) is 19.0 Å². The number of hydrogen-bond acceptors (Lipinski definition) is 4. The Balaban J connectivity index is 1.83. The van der Waals surface area contributed by atoms with Crippen molar-refractivity contribution in [1.82, 2.24) is 10.3 Å². The maximum absolute atomic E-state index is 12.0. The Morgan fingerprint density at radius 3 is 2.50 bits per heavy atom. The van der Waals surface area contributed by atoms with Gasteiger partial charge in [0.2, 0.25) is 0 Å². The van der Waals surface area contributed by atoms with Gasteiger partial charge in [0.25, 0.3) is 0 Å². The molecule has 2 amide bonds. The number of piperidine rings is 1. The molecule has 0 bridgehead atoms. The second kappa shape index (κ2) is 7.59. The molecule has 1 fully saturated rings. The van der Waals surface area contributed by atoms with Crippen molar-refractivity contribution in [1.29, 1.82) is 0 Å². The van der Waals surface area contributed by atoms with Gasteiger partial charge >= 0.3 is 11.8 Å². The maximum Gasteiger partial charge on any atom is 0.329 e. The van der Waals surface area contributed by atoms with Crippen molar-refractivity contribution < 1.29 is 14.3 Å². The number of amides is 2. The number of ether oxygens (including phenoxy) is 1. The number of nitrogens with zero attached hydrogens (tertiary/aromatic N) is 2. The first-order valence-electron chi connectivity index (χ1n) is 7.36. The van der Waals surface area contributed by atoms with Crippen LogP contribution in [-0.2, 0) is 9.59 Å². The van der Waals surface area contributed by atoms with E-state index in [1.54, 1.807) is 24.1 Å². The first kappa shape index (κ1) is 16.0. The van der Waals surface area contributed by atoms with Crippen LogP contribution in [0.1, 0.15) is 25.3 Å². The summed E-state index contributed by atoms with van der Waals surface area (Å²) >= 11 is 0. The fourth-order valence-corrected chi connectivity index (χ4v) is 2.26. The second-order valence-corrected chi connectivity index (χ2v) is 5.45. The van der Waals surface area contributed by atoms with Gasteiger partial charge in [0.05, 0.1) is 13.3 Å². The SMILES string of the molecule is COc1ccc(C=NNC(=O)C(=O)N2CCC(C)CC2)cc1. The highest BCUT2D eigenvalue weighted by Gasteiger charge is 2.25. The summed E-state index contributed by atoms with van der Waals surface area (Å²) in [6.07, 6.45) is 3.37. The average Bonchev–Trinajstić information content (AvgIpc) is 2.55. The molecular formula is C16H21N3O3. The molecule has 1 aromatic rings. The van der Waals surface area contributed by atoms with E-state index in [1.165, 1.54) is 6.21 Å². The fraction of sp³-hybridized carbons (Fsp3) is 0.438. The van der Waals surface area contributed by atoms with E-state index >= 15 is 0 Å². The molecule has 0 aromatic heterocycles. The predicted octanol–water partition coefficient (Wildman–Crippen LogP) is 1.40. The van der Waals surface area contributed by atoms with Crippen LogP contribution in [0.2, 0.25) is 0 Å². The van der Waals surface area contributed by atoms with Crippen molar-refractivity contribution in [3.05, 3.63) is 29.8 Å². The van der Waals surface area contributed by atoms with Gasteiger partial charge in [-0.1, -0.05) is 6.92 Å². The lowest BCUT2D eigenvalue weighted by Crippen LogP contribution is -2.45. The number of nitrogens with one attached hydrogen (secondary N) is 1. The molecule has 118 valence electrons. The van der Waals surface area contributed by atoms with Crippen LogP contribution in [0.3, 0.4) is 0 Å². The highest BCUT2D eigenvalue weighted by Crippen LogP contribution is 2.15. The number of carbonyl (C=O) groups is 2. The quantitative estimate of drug-likeness (QED) is 0.521. The van der Waals surface area contributed by atoms with Crippen molar-refractivity contribution in [2.24, 2.45) is 11.0 Å². The molecule has 0 unspecified atom stereocenters. The van der Waals surface area contributed by atoms with Gasteiger partial charge in [-0.25, -0.2) is 5.43 Å². The standard InChI is InChI=1S/C16H21N3O3/c1-12-7-9-19(10-8-12)16(21)15(20)18-17-11-13-3-5-14(22-2)6-4-13/h3-6,11-12H,7-10H2,1-2H3,(H,18,20). The summed E-state index contributed by atoms with van der Waals surface area (Å²) in [6.45, 7) is 3.42. The topological polar surface area (TPSA) is 71.0 Å².